The van der Waals surface area contributed by atoms with Crippen LogP contribution < -0.4 is 5.73 Å². The topological polar surface area (TPSA) is 66.6 Å². The number of nitrogens with two attached hydrogens (primary N) is 1. The number of amides is 1. The molecule has 0 aliphatic heterocycles. The Labute approximate surface area is 114 Å². The Kier molecular flexibility index (Phi) is 4.93. The van der Waals surface area contributed by atoms with Crippen molar-refractivity contribution in [2.45, 2.75) is 37.8 Å². The van der Waals surface area contributed by atoms with Crippen LogP contribution in [0.25, 0.3) is 0 Å². The number of rotatable bonds is 6. The Balaban J connectivity index is 1.96. The molecule has 4 nitrogen and oxygen atoms in total. The first-order valence-electron chi connectivity index (χ1n) is 6.93. The second kappa shape index (κ2) is 6.68. The van der Waals surface area contributed by atoms with Crippen LogP contribution >= 0.6 is 0 Å². The predicted molar refractivity (Wildman–Crippen MR) is 74.6 cm³/mol. The summed E-state index contributed by atoms with van der Waals surface area (Å²) in [5, 5.41) is 9.09. The van der Waals surface area contributed by atoms with Gasteiger partial charge in [-0.3, -0.25) is 4.79 Å². The van der Waals surface area contributed by atoms with Crippen molar-refractivity contribution < 1.29 is 9.90 Å². The van der Waals surface area contributed by atoms with Gasteiger partial charge in [-0.1, -0.05) is 30.3 Å². The van der Waals surface area contributed by atoms with Crippen LogP contribution in [0, 0.1) is 0 Å². The summed E-state index contributed by atoms with van der Waals surface area (Å²) in [4.78, 5) is 14.1. The molecule has 0 radical (unpaired) electrons. The molecule has 1 aliphatic carbocycles. The van der Waals surface area contributed by atoms with Gasteiger partial charge in [0.1, 0.15) is 0 Å². The summed E-state index contributed by atoms with van der Waals surface area (Å²) in [6.45, 7) is 0.395. The number of aliphatic hydroxyl groups is 1. The van der Waals surface area contributed by atoms with Crippen molar-refractivity contribution in [3.8, 4) is 0 Å². The van der Waals surface area contributed by atoms with Crippen LogP contribution in [0.15, 0.2) is 30.3 Å². The summed E-state index contributed by atoms with van der Waals surface area (Å²) < 4.78 is 0. The summed E-state index contributed by atoms with van der Waals surface area (Å²) in [6.07, 6.45) is 3.77. The predicted octanol–water partition coefficient (Wildman–Crippen LogP) is 0.930. The Hall–Kier alpha value is -1.39. The fourth-order valence-electron chi connectivity index (χ4n) is 2.45. The van der Waals surface area contributed by atoms with Crippen molar-refractivity contribution in [2.24, 2.45) is 5.73 Å². The zero-order valence-corrected chi connectivity index (χ0v) is 11.2. The number of hydrogen-bond acceptors (Lipinski definition) is 3. The Bertz CT molecular complexity index is 404. The summed E-state index contributed by atoms with van der Waals surface area (Å²) >= 11 is 0. The quantitative estimate of drug-likeness (QED) is 0.801. The largest absolute Gasteiger partial charge is 0.395 e. The molecule has 0 heterocycles. The van der Waals surface area contributed by atoms with Crippen molar-refractivity contribution in [3.63, 3.8) is 0 Å². The van der Waals surface area contributed by atoms with Crippen molar-refractivity contribution in [1.29, 1.82) is 0 Å². The molecule has 1 aromatic carbocycles. The van der Waals surface area contributed by atoms with Crippen LogP contribution in [0.5, 0.6) is 0 Å². The third-order valence-electron chi connectivity index (χ3n) is 3.76. The molecule has 19 heavy (non-hydrogen) atoms. The van der Waals surface area contributed by atoms with Gasteiger partial charge in [-0.2, -0.15) is 0 Å². The van der Waals surface area contributed by atoms with Crippen LogP contribution in [0.3, 0.4) is 0 Å². The lowest BCUT2D eigenvalue weighted by Gasteiger charge is -2.38. The van der Waals surface area contributed by atoms with E-state index in [1.807, 2.05) is 30.3 Å². The van der Waals surface area contributed by atoms with E-state index in [9.17, 15) is 4.79 Å². The molecule has 1 saturated carbocycles. The number of benzene rings is 1. The maximum Gasteiger partial charge on any atom is 0.240 e. The highest BCUT2D eigenvalue weighted by molar-refractivity contribution is 5.82. The maximum absolute atomic E-state index is 12.4. The summed E-state index contributed by atoms with van der Waals surface area (Å²) in [6, 6.07) is 9.56. The first-order chi connectivity index (χ1) is 9.22. The molecule has 104 valence electrons. The van der Waals surface area contributed by atoms with Gasteiger partial charge in [-0.15, -0.1) is 0 Å². The van der Waals surface area contributed by atoms with E-state index in [-0.39, 0.29) is 18.6 Å². The molecule has 2 rings (SSSR count). The lowest BCUT2D eigenvalue weighted by molar-refractivity contribution is -0.137. The van der Waals surface area contributed by atoms with Crippen molar-refractivity contribution >= 4 is 5.91 Å². The lowest BCUT2D eigenvalue weighted by atomic mass is 9.90. The molecule has 0 saturated heterocycles. The van der Waals surface area contributed by atoms with E-state index in [1.54, 1.807) is 4.90 Å². The van der Waals surface area contributed by atoms with Crippen LogP contribution in [0.1, 0.15) is 24.8 Å². The molecule has 0 spiro atoms. The molecule has 0 aromatic heterocycles. The van der Waals surface area contributed by atoms with Gasteiger partial charge >= 0.3 is 0 Å². The Morgan fingerprint density at radius 3 is 2.58 bits per heavy atom. The number of hydrogen-bond donors (Lipinski definition) is 2. The lowest BCUT2D eigenvalue weighted by Crippen LogP contribution is -2.52. The number of nitrogens with zero attached hydrogens (tertiary/aromatic N) is 1. The number of carbonyl (C=O) groups is 1. The minimum absolute atomic E-state index is 0.000295. The van der Waals surface area contributed by atoms with Crippen molar-refractivity contribution in [3.05, 3.63) is 35.9 Å². The molecule has 1 aromatic rings. The highest BCUT2D eigenvalue weighted by Gasteiger charge is 2.30. The van der Waals surface area contributed by atoms with Gasteiger partial charge in [0.15, 0.2) is 0 Å². The fourth-order valence-corrected chi connectivity index (χ4v) is 2.45. The van der Waals surface area contributed by atoms with E-state index in [1.165, 1.54) is 0 Å². The number of carbonyl (C=O) groups excluding carboxylic acids is 1. The van der Waals surface area contributed by atoms with Gasteiger partial charge in [-0.25, -0.2) is 0 Å². The van der Waals surface area contributed by atoms with Crippen LogP contribution in [-0.2, 0) is 11.2 Å². The second-order valence-electron chi connectivity index (χ2n) is 5.14. The first kappa shape index (κ1) is 14.0. The smallest absolute Gasteiger partial charge is 0.240 e. The normalized spacial score (nSPS) is 16.7. The highest BCUT2D eigenvalue weighted by atomic mass is 16.3. The molecule has 3 N–H and O–H groups in total. The van der Waals surface area contributed by atoms with E-state index < -0.39 is 6.04 Å². The minimum atomic E-state index is -0.519. The average molecular weight is 262 g/mol. The van der Waals surface area contributed by atoms with E-state index in [0.29, 0.717) is 13.0 Å². The van der Waals surface area contributed by atoms with Gasteiger partial charge in [-0.05, 0) is 31.2 Å². The monoisotopic (exact) mass is 262 g/mol. The zero-order chi connectivity index (χ0) is 13.7. The van der Waals surface area contributed by atoms with Crippen LogP contribution in [-0.4, -0.2) is 41.1 Å². The average Bonchev–Trinajstić information content (AvgIpc) is 2.36. The summed E-state index contributed by atoms with van der Waals surface area (Å²) in [7, 11) is 0. The molecule has 1 fully saturated rings. The fraction of sp³-hybridized carbons (Fsp3) is 0.533. The van der Waals surface area contributed by atoms with Gasteiger partial charge in [0.2, 0.25) is 5.91 Å². The van der Waals surface area contributed by atoms with Crippen molar-refractivity contribution in [2.75, 3.05) is 13.2 Å². The molecular formula is C15H22N2O2. The van der Waals surface area contributed by atoms with Gasteiger partial charge in [0, 0.05) is 12.6 Å². The Morgan fingerprint density at radius 1 is 1.37 bits per heavy atom. The van der Waals surface area contributed by atoms with Gasteiger partial charge in [0.25, 0.3) is 0 Å². The van der Waals surface area contributed by atoms with Crippen LogP contribution in [0.4, 0.5) is 0 Å². The van der Waals surface area contributed by atoms with Gasteiger partial charge < -0.3 is 15.7 Å². The molecule has 4 heteroatoms. The van der Waals surface area contributed by atoms with E-state index in [4.69, 9.17) is 10.8 Å². The molecule has 0 unspecified atom stereocenters. The van der Waals surface area contributed by atoms with E-state index in [2.05, 4.69) is 0 Å². The van der Waals surface area contributed by atoms with Crippen molar-refractivity contribution in [1.82, 2.24) is 4.90 Å². The van der Waals surface area contributed by atoms with E-state index >= 15 is 0 Å². The molecule has 1 atom stereocenters. The highest BCUT2D eigenvalue weighted by Crippen LogP contribution is 2.25. The first-order valence-corrected chi connectivity index (χ1v) is 6.93. The minimum Gasteiger partial charge on any atom is -0.395 e. The van der Waals surface area contributed by atoms with E-state index in [0.717, 1.165) is 24.8 Å². The second-order valence-corrected chi connectivity index (χ2v) is 5.14. The molecule has 1 amide bonds. The molecule has 0 bridgehead atoms. The molecular weight excluding hydrogens is 240 g/mol. The zero-order valence-electron chi connectivity index (χ0n) is 11.2. The third kappa shape index (κ3) is 3.55. The third-order valence-corrected chi connectivity index (χ3v) is 3.76. The molecule has 1 aliphatic rings. The SMILES string of the molecule is N[C@@H](Cc1ccccc1)C(=O)N(CCO)C1CCC1. The Morgan fingerprint density at radius 2 is 2.05 bits per heavy atom. The van der Waals surface area contributed by atoms with Crippen LogP contribution in [0.2, 0.25) is 0 Å². The summed E-state index contributed by atoms with van der Waals surface area (Å²) in [5.41, 5.74) is 7.09. The van der Waals surface area contributed by atoms with Gasteiger partial charge in [0.05, 0.1) is 12.6 Å². The maximum atomic E-state index is 12.4. The number of aliphatic hydroxyl groups excluding tert-OH is 1. The summed E-state index contributed by atoms with van der Waals surface area (Å²) in [5.74, 6) is -0.0393. The standard InChI is InChI=1S/C15H22N2O2/c16-14(11-12-5-2-1-3-6-12)15(19)17(9-10-18)13-7-4-8-13/h1-3,5-6,13-14,18H,4,7-11,16H2/t14-/m0/s1.